The number of hydrogen-bond acceptors (Lipinski definition) is 6. The lowest BCUT2D eigenvalue weighted by molar-refractivity contribution is -0.146. The third-order valence-corrected chi connectivity index (χ3v) is 3.57. The van der Waals surface area contributed by atoms with Crippen molar-refractivity contribution in [2.45, 2.75) is 32.7 Å². The number of nitrogens with zero attached hydrogens (tertiary/aromatic N) is 1. The molecule has 0 saturated carbocycles. The molecule has 1 saturated heterocycles. The number of cyclic esters (lactones) is 1. The van der Waals surface area contributed by atoms with E-state index in [2.05, 4.69) is 4.74 Å². The fourth-order valence-electron chi connectivity index (χ4n) is 2.23. The lowest BCUT2D eigenvalue weighted by atomic mass is 9.97. The van der Waals surface area contributed by atoms with Gasteiger partial charge in [-0.15, -0.1) is 0 Å². The minimum atomic E-state index is -0.649. The van der Waals surface area contributed by atoms with Crippen molar-refractivity contribution in [1.29, 1.82) is 0 Å². The molecule has 2 atom stereocenters. The van der Waals surface area contributed by atoms with E-state index in [0.29, 0.717) is 13.0 Å². The van der Waals surface area contributed by atoms with E-state index in [1.165, 1.54) is 14.2 Å². The van der Waals surface area contributed by atoms with Gasteiger partial charge in [0.2, 0.25) is 5.91 Å². The summed E-state index contributed by atoms with van der Waals surface area (Å²) in [4.78, 5) is 37.0. The van der Waals surface area contributed by atoms with Crippen molar-refractivity contribution in [2.75, 3.05) is 27.4 Å². The highest BCUT2D eigenvalue weighted by atomic mass is 16.6. The Morgan fingerprint density at radius 2 is 2.05 bits per heavy atom. The molecule has 7 heteroatoms. The molecule has 0 unspecified atom stereocenters. The third-order valence-electron chi connectivity index (χ3n) is 3.57. The molecule has 0 N–H and O–H groups in total. The predicted octanol–water partition coefficient (Wildman–Crippen LogP) is 1.21. The number of esters is 1. The zero-order chi connectivity index (χ0) is 16.0. The first kappa shape index (κ1) is 17.4. The second-order valence-electron chi connectivity index (χ2n) is 5.36. The van der Waals surface area contributed by atoms with Gasteiger partial charge in [0.1, 0.15) is 6.61 Å². The summed E-state index contributed by atoms with van der Waals surface area (Å²) in [6.45, 7) is 4.34. The molecule has 1 aliphatic rings. The van der Waals surface area contributed by atoms with Crippen molar-refractivity contribution in [3.63, 3.8) is 0 Å². The van der Waals surface area contributed by atoms with Crippen molar-refractivity contribution >= 4 is 18.0 Å². The highest BCUT2D eigenvalue weighted by molar-refractivity contribution is 5.96. The minimum absolute atomic E-state index is 0.0761. The number of carbonyl (C=O) groups is 3. The molecule has 0 aromatic carbocycles. The molecule has 0 aromatic heterocycles. The second kappa shape index (κ2) is 7.97. The molecule has 7 nitrogen and oxygen atoms in total. The maximum Gasteiger partial charge on any atom is 0.416 e. The molecule has 2 amide bonds. The Morgan fingerprint density at radius 3 is 2.57 bits per heavy atom. The Kier molecular flexibility index (Phi) is 6.61. The molecule has 0 spiro atoms. The highest BCUT2D eigenvalue weighted by Crippen LogP contribution is 2.24. The number of rotatable bonds is 7. The lowest BCUT2D eigenvalue weighted by Crippen LogP contribution is -2.45. The zero-order valence-electron chi connectivity index (χ0n) is 13.0. The Morgan fingerprint density at radius 1 is 1.38 bits per heavy atom. The number of methoxy groups -OCH3 is 2. The van der Waals surface area contributed by atoms with Crippen LogP contribution in [0.4, 0.5) is 4.79 Å². The van der Waals surface area contributed by atoms with Crippen LogP contribution in [0.25, 0.3) is 0 Å². The van der Waals surface area contributed by atoms with Crippen LogP contribution in [0.3, 0.4) is 0 Å². The topological polar surface area (TPSA) is 82.1 Å². The van der Waals surface area contributed by atoms with Gasteiger partial charge >= 0.3 is 12.1 Å². The first-order valence-corrected chi connectivity index (χ1v) is 6.97. The summed E-state index contributed by atoms with van der Waals surface area (Å²) >= 11 is 0. The molecular formula is C14H23NO6. The van der Waals surface area contributed by atoms with E-state index >= 15 is 0 Å². The molecule has 1 aliphatic heterocycles. The largest absolute Gasteiger partial charge is 0.469 e. The van der Waals surface area contributed by atoms with Gasteiger partial charge in [-0.3, -0.25) is 9.59 Å². The van der Waals surface area contributed by atoms with Crippen molar-refractivity contribution < 1.29 is 28.6 Å². The molecule has 0 radical (unpaired) electrons. The summed E-state index contributed by atoms with van der Waals surface area (Å²) < 4.78 is 14.5. The molecule has 120 valence electrons. The van der Waals surface area contributed by atoms with Gasteiger partial charge in [-0.25, -0.2) is 9.69 Å². The van der Waals surface area contributed by atoms with Gasteiger partial charge < -0.3 is 14.2 Å². The summed E-state index contributed by atoms with van der Waals surface area (Å²) in [7, 11) is 2.78. The summed E-state index contributed by atoms with van der Waals surface area (Å²) in [6.07, 6.45) is -0.377. The number of hydrogen-bond donors (Lipinski definition) is 0. The number of amides is 2. The van der Waals surface area contributed by atoms with Crippen LogP contribution >= 0.6 is 0 Å². The Hall–Kier alpha value is -1.63. The second-order valence-corrected chi connectivity index (χ2v) is 5.36. The SMILES string of the molecule is COCC[C@H](CC(=O)OC)C(=O)N1C(=O)OC[C@@H]1C(C)C. The zero-order valence-corrected chi connectivity index (χ0v) is 13.0. The Bertz CT molecular complexity index is 395. The van der Waals surface area contributed by atoms with E-state index in [1.807, 2.05) is 13.8 Å². The molecular weight excluding hydrogens is 278 g/mol. The van der Waals surface area contributed by atoms with E-state index in [4.69, 9.17) is 9.47 Å². The van der Waals surface area contributed by atoms with Crippen LogP contribution in [-0.2, 0) is 23.8 Å². The van der Waals surface area contributed by atoms with E-state index in [0.717, 1.165) is 4.90 Å². The molecule has 0 aliphatic carbocycles. The first-order chi connectivity index (χ1) is 9.92. The maximum atomic E-state index is 12.6. The van der Waals surface area contributed by atoms with Crippen LogP contribution in [-0.4, -0.2) is 56.3 Å². The molecule has 21 heavy (non-hydrogen) atoms. The average Bonchev–Trinajstić information content (AvgIpc) is 2.84. The van der Waals surface area contributed by atoms with Crippen LogP contribution in [0.1, 0.15) is 26.7 Å². The summed E-state index contributed by atoms with van der Waals surface area (Å²) in [6, 6.07) is -0.298. The standard InChI is InChI=1S/C14H23NO6/c1-9(2)11-8-21-14(18)15(11)13(17)10(5-6-19-3)7-12(16)20-4/h9-11H,5-8H2,1-4H3/t10-,11-/m1/s1. The van der Waals surface area contributed by atoms with Gasteiger partial charge in [-0.1, -0.05) is 13.8 Å². The van der Waals surface area contributed by atoms with Crippen molar-refractivity contribution in [2.24, 2.45) is 11.8 Å². The fraction of sp³-hybridized carbons (Fsp3) is 0.786. The highest BCUT2D eigenvalue weighted by Gasteiger charge is 2.42. The van der Waals surface area contributed by atoms with Crippen molar-refractivity contribution in [1.82, 2.24) is 4.90 Å². The minimum Gasteiger partial charge on any atom is -0.469 e. The lowest BCUT2D eigenvalue weighted by Gasteiger charge is -2.26. The quantitative estimate of drug-likeness (QED) is 0.657. The monoisotopic (exact) mass is 301 g/mol. The molecule has 1 fully saturated rings. The predicted molar refractivity (Wildman–Crippen MR) is 73.4 cm³/mol. The summed E-state index contributed by atoms with van der Waals surface area (Å²) in [5.41, 5.74) is 0. The first-order valence-electron chi connectivity index (χ1n) is 6.97. The van der Waals surface area contributed by atoms with E-state index < -0.39 is 23.9 Å². The molecule has 0 bridgehead atoms. The van der Waals surface area contributed by atoms with Crippen molar-refractivity contribution in [3.05, 3.63) is 0 Å². The summed E-state index contributed by atoms with van der Waals surface area (Å²) in [5.74, 6) is -1.46. The number of imide groups is 1. The van der Waals surface area contributed by atoms with Crippen LogP contribution in [0, 0.1) is 11.8 Å². The van der Waals surface area contributed by atoms with E-state index in [-0.39, 0.29) is 25.0 Å². The van der Waals surface area contributed by atoms with Crippen LogP contribution in [0.5, 0.6) is 0 Å². The normalized spacial score (nSPS) is 19.6. The van der Waals surface area contributed by atoms with Crippen LogP contribution in [0.2, 0.25) is 0 Å². The smallest absolute Gasteiger partial charge is 0.416 e. The van der Waals surface area contributed by atoms with Gasteiger partial charge in [0.05, 0.1) is 25.5 Å². The molecule has 1 rings (SSSR count). The maximum absolute atomic E-state index is 12.6. The molecule has 1 heterocycles. The van der Waals surface area contributed by atoms with Gasteiger partial charge in [-0.05, 0) is 12.3 Å². The fourth-order valence-corrected chi connectivity index (χ4v) is 2.23. The van der Waals surface area contributed by atoms with E-state index in [1.54, 1.807) is 0 Å². The third kappa shape index (κ3) is 4.42. The van der Waals surface area contributed by atoms with Crippen LogP contribution in [0.15, 0.2) is 0 Å². The van der Waals surface area contributed by atoms with Gasteiger partial charge in [0.15, 0.2) is 0 Å². The van der Waals surface area contributed by atoms with Gasteiger partial charge in [0, 0.05) is 13.7 Å². The number of carbonyl (C=O) groups excluding carboxylic acids is 3. The van der Waals surface area contributed by atoms with E-state index in [9.17, 15) is 14.4 Å². The Balaban J connectivity index is 2.86. The van der Waals surface area contributed by atoms with Crippen molar-refractivity contribution in [3.8, 4) is 0 Å². The van der Waals surface area contributed by atoms with Gasteiger partial charge in [0.25, 0.3) is 0 Å². The Labute approximate surface area is 124 Å². The summed E-state index contributed by atoms with van der Waals surface area (Å²) in [5, 5.41) is 0. The van der Waals surface area contributed by atoms with Crippen LogP contribution < -0.4 is 0 Å². The van der Waals surface area contributed by atoms with Gasteiger partial charge in [-0.2, -0.15) is 0 Å². The number of ether oxygens (including phenoxy) is 3. The molecule has 0 aromatic rings. The average molecular weight is 301 g/mol.